The summed E-state index contributed by atoms with van der Waals surface area (Å²) >= 11 is 0. The molecule has 0 aliphatic carbocycles. The van der Waals surface area contributed by atoms with Crippen LogP contribution in [0.1, 0.15) is 11.1 Å². The standard InChI is InChI=1S/C9H11NO.ClH/c1-7-2-4-8(5-3-7)6-9(10)11;/h2-5H,6H2,1H3,(H2,10,11);1H. The van der Waals surface area contributed by atoms with Crippen molar-refractivity contribution in [3.05, 3.63) is 35.4 Å². The second-order valence-electron chi connectivity index (χ2n) is 2.63. The summed E-state index contributed by atoms with van der Waals surface area (Å²) in [6.45, 7) is 2.01. The maximum Gasteiger partial charge on any atom is 0.221 e. The van der Waals surface area contributed by atoms with Crippen LogP contribution in [0.5, 0.6) is 0 Å². The topological polar surface area (TPSA) is 43.1 Å². The predicted molar refractivity (Wildman–Crippen MR) is 51.3 cm³/mol. The van der Waals surface area contributed by atoms with Crippen LogP contribution in [0.3, 0.4) is 0 Å². The molecule has 1 aromatic carbocycles. The number of nitrogens with two attached hydrogens (primary N) is 1. The first-order chi connectivity index (χ1) is 5.18. The summed E-state index contributed by atoms with van der Waals surface area (Å²) in [5, 5.41) is 0. The summed E-state index contributed by atoms with van der Waals surface area (Å²) in [4.78, 5) is 10.5. The molecule has 0 saturated carbocycles. The van der Waals surface area contributed by atoms with Crippen molar-refractivity contribution in [3.8, 4) is 0 Å². The predicted octanol–water partition coefficient (Wildman–Crippen LogP) is 1.44. The fourth-order valence-electron chi connectivity index (χ4n) is 0.907. The molecule has 2 nitrogen and oxygen atoms in total. The van der Waals surface area contributed by atoms with Crippen LogP contribution in [0.15, 0.2) is 24.3 Å². The van der Waals surface area contributed by atoms with Gasteiger partial charge in [-0.3, -0.25) is 4.79 Å². The zero-order valence-corrected chi connectivity index (χ0v) is 7.73. The highest BCUT2D eigenvalue weighted by Crippen LogP contribution is 2.02. The highest BCUT2D eigenvalue weighted by Gasteiger charge is 1.95. The quantitative estimate of drug-likeness (QED) is 0.745. The molecule has 12 heavy (non-hydrogen) atoms. The van der Waals surface area contributed by atoms with E-state index in [2.05, 4.69) is 0 Å². The molecule has 0 atom stereocenters. The van der Waals surface area contributed by atoms with Gasteiger partial charge in [0.05, 0.1) is 6.42 Å². The number of amides is 1. The first kappa shape index (κ1) is 11.0. The second kappa shape index (κ2) is 4.78. The number of hydrogen-bond donors (Lipinski definition) is 1. The molecule has 0 unspecified atom stereocenters. The van der Waals surface area contributed by atoms with Gasteiger partial charge in [0.2, 0.25) is 5.91 Å². The number of halogens is 1. The normalized spacial score (nSPS) is 8.75. The molecule has 3 heteroatoms. The molecule has 0 aromatic heterocycles. The molecule has 1 aromatic rings. The van der Waals surface area contributed by atoms with Crippen molar-refractivity contribution in [3.63, 3.8) is 0 Å². The van der Waals surface area contributed by atoms with Gasteiger partial charge in [-0.05, 0) is 12.5 Å². The van der Waals surface area contributed by atoms with Gasteiger partial charge >= 0.3 is 0 Å². The molecule has 0 bridgehead atoms. The Labute approximate surface area is 78.2 Å². The molecule has 66 valence electrons. The van der Waals surface area contributed by atoms with Crippen molar-refractivity contribution in [2.45, 2.75) is 13.3 Å². The summed E-state index contributed by atoms with van der Waals surface area (Å²) in [6, 6.07) is 7.77. The Morgan fingerprint density at radius 2 is 1.83 bits per heavy atom. The molecular formula is C9H12ClNO. The minimum Gasteiger partial charge on any atom is -0.369 e. The van der Waals surface area contributed by atoms with Crippen molar-refractivity contribution >= 4 is 18.3 Å². The zero-order chi connectivity index (χ0) is 8.27. The van der Waals surface area contributed by atoms with Gasteiger partial charge in [0, 0.05) is 0 Å². The van der Waals surface area contributed by atoms with Crippen LogP contribution in [-0.2, 0) is 11.2 Å². The fraction of sp³-hybridized carbons (Fsp3) is 0.222. The van der Waals surface area contributed by atoms with Gasteiger partial charge in [-0.15, -0.1) is 12.4 Å². The minimum atomic E-state index is -0.283. The minimum absolute atomic E-state index is 0. The molecule has 0 heterocycles. The van der Waals surface area contributed by atoms with E-state index < -0.39 is 0 Å². The monoisotopic (exact) mass is 185 g/mol. The number of aryl methyl sites for hydroxylation is 1. The lowest BCUT2D eigenvalue weighted by molar-refractivity contribution is -0.117. The lowest BCUT2D eigenvalue weighted by atomic mass is 10.1. The lowest BCUT2D eigenvalue weighted by Gasteiger charge is -1.96. The zero-order valence-electron chi connectivity index (χ0n) is 6.91. The number of benzene rings is 1. The maximum atomic E-state index is 10.5. The van der Waals surface area contributed by atoms with Crippen LogP contribution in [0, 0.1) is 6.92 Å². The molecule has 0 radical (unpaired) electrons. The molecule has 0 spiro atoms. The summed E-state index contributed by atoms with van der Waals surface area (Å²) in [5.41, 5.74) is 7.19. The Balaban J connectivity index is 0.00000121. The van der Waals surface area contributed by atoms with E-state index in [1.54, 1.807) is 0 Å². The number of hydrogen-bond acceptors (Lipinski definition) is 1. The smallest absolute Gasteiger partial charge is 0.221 e. The van der Waals surface area contributed by atoms with Gasteiger partial charge in [0.15, 0.2) is 0 Å². The number of primary amides is 1. The number of carbonyl (C=O) groups excluding carboxylic acids is 1. The lowest BCUT2D eigenvalue weighted by Crippen LogP contribution is -2.13. The van der Waals surface area contributed by atoms with E-state index in [9.17, 15) is 4.79 Å². The van der Waals surface area contributed by atoms with Gasteiger partial charge in [0.25, 0.3) is 0 Å². The van der Waals surface area contributed by atoms with Gasteiger partial charge < -0.3 is 5.73 Å². The van der Waals surface area contributed by atoms with E-state index >= 15 is 0 Å². The van der Waals surface area contributed by atoms with Crippen molar-refractivity contribution in [2.24, 2.45) is 5.73 Å². The van der Waals surface area contributed by atoms with Crippen molar-refractivity contribution < 1.29 is 4.79 Å². The third-order valence-corrected chi connectivity index (χ3v) is 1.50. The van der Waals surface area contributed by atoms with E-state index in [1.165, 1.54) is 5.56 Å². The maximum absolute atomic E-state index is 10.5. The highest BCUT2D eigenvalue weighted by atomic mass is 35.5. The summed E-state index contributed by atoms with van der Waals surface area (Å²) < 4.78 is 0. The SMILES string of the molecule is Cc1ccc(CC(N)=O)cc1.Cl. The molecule has 1 rings (SSSR count). The Morgan fingerprint density at radius 1 is 1.33 bits per heavy atom. The van der Waals surface area contributed by atoms with Gasteiger partial charge in [-0.25, -0.2) is 0 Å². The van der Waals surface area contributed by atoms with Crippen molar-refractivity contribution in [1.29, 1.82) is 0 Å². The van der Waals surface area contributed by atoms with Gasteiger partial charge in [0.1, 0.15) is 0 Å². The Morgan fingerprint density at radius 3 is 2.25 bits per heavy atom. The van der Waals surface area contributed by atoms with Crippen molar-refractivity contribution in [1.82, 2.24) is 0 Å². The average molecular weight is 186 g/mol. The van der Waals surface area contributed by atoms with Crippen LogP contribution in [0.4, 0.5) is 0 Å². The van der Waals surface area contributed by atoms with E-state index in [0.717, 1.165) is 5.56 Å². The average Bonchev–Trinajstić information content (AvgIpc) is 1.93. The fourth-order valence-corrected chi connectivity index (χ4v) is 0.907. The van der Waals surface area contributed by atoms with Gasteiger partial charge in [-0.1, -0.05) is 29.8 Å². The van der Waals surface area contributed by atoms with E-state index in [4.69, 9.17) is 5.73 Å². The van der Waals surface area contributed by atoms with Crippen LogP contribution in [0.25, 0.3) is 0 Å². The molecule has 0 fully saturated rings. The van der Waals surface area contributed by atoms with E-state index in [-0.39, 0.29) is 18.3 Å². The first-order valence-corrected chi connectivity index (χ1v) is 3.52. The summed E-state index contributed by atoms with van der Waals surface area (Å²) in [5.74, 6) is -0.283. The van der Waals surface area contributed by atoms with Crippen LogP contribution < -0.4 is 5.73 Å². The number of carbonyl (C=O) groups is 1. The molecular weight excluding hydrogens is 174 g/mol. The highest BCUT2D eigenvalue weighted by molar-refractivity contribution is 5.85. The Kier molecular flexibility index (Phi) is 4.37. The molecule has 0 saturated heterocycles. The van der Waals surface area contributed by atoms with Crippen LogP contribution >= 0.6 is 12.4 Å². The van der Waals surface area contributed by atoms with Crippen molar-refractivity contribution in [2.75, 3.05) is 0 Å². The van der Waals surface area contributed by atoms with E-state index in [1.807, 2.05) is 31.2 Å². The van der Waals surface area contributed by atoms with Crippen LogP contribution in [-0.4, -0.2) is 5.91 Å². The Bertz CT molecular complexity index is 256. The number of rotatable bonds is 2. The van der Waals surface area contributed by atoms with Crippen LogP contribution in [0.2, 0.25) is 0 Å². The van der Waals surface area contributed by atoms with Gasteiger partial charge in [-0.2, -0.15) is 0 Å². The second-order valence-corrected chi connectivity index (χ2v) is 2.63. The first-order valence-electron chi connectivity index (χ1n) is 3.52. The van der Waals surface area contributed by atoms with E-state index in [0.29, 0.717) is 6.42 Å². The Hall–Kier alpha value is -1.02. The largest absolute Gasteiger partial charge is 0.369 e. The molecule has 2 N–H and O–H groups in total. The third kappa shape index (κ3) is 3.39. The molecule has 0 aliphatic heterocycles. The molecule has 1 amide bonds. The molecule has 0 aliphatic rings. The summed E-state index contributed by atoms with van der Waals surface area (Å²) in [7, 11) is 0. The summed E-state index contributed by atoms with van der Waals surface area (Å²) in [6.07, 6.45) is 0.334. The third-order valence-electron chi connectivity index (χ3n) is 1.50.